The van der Waals surface area contributed by atoms with Crippen molar-refractivity contribution < 1.29 is 5.11 Å². The number of nitrogens with two attached hydrogens (primary N) is 1. The predicted octanol–water partition coefficient (Wildman–Crippen LogP) is -0.768. The Balaban J connectivity index is 2.15. The number of aryl methyl sites for hydroxylation is 1. The quantitative estimate of drug-likeness (QED) is 0.492. The largest absolute Gasteiger partial charge is 0.395 e. The summed E-state index contributed by atoms with van der Waals surface area (Å²) < 4.78 is 1.73. The highest BCUT2D eigenvalue weighted by molar-refractivity contribution is 6.01. The molecule has 0 aromatic carbocycles. The van der Waals surface area contributed by atoms with Crippen molar-refractivity contribution in [2.24, 2.45) is 17.8 Å². The number of likely N-dealkylation sites (N-methyl/N-ethyl adjacent to an activating group) is 1. The lowest BCUT2D eigenvalue weighted by Gasteiger charge is -2.14. The number of nitrogens with zero attached hydrogens (tertiary/aromatic N) is 4. The lowest BCUT2D eigenvalue weighted by atomic mass is 10.2. The zero-order valence-corrected chi connectivity index (χ0v) is 11.7. The van der Waals surface area contributed by atoms with E-state index in [-0.39, 0.29) is 18.7 Å². The van der Waals surface area contributed by atoms with E-state index < -0.39 is 0 Å². The minimum Gasteiger partial charge on any atom is -0.395 e. The number of amidine groups is 1. The smallest absolute Gasteiger partial charge is 0.134 e. The van der Waals surface area contributed by atoms with Crippen molar-refractivity contribution in [3.8, 4) is 0 Å². The fourth-order valence-electron chi connectivity index (χ4n) is 2.55. The highest BCUT2D eigenvalue weighted by Crippen LogP contribution is 2.20. The number of nitrogens with one attached hydrogen (secondary N) is 1. The number of likely N-dealkylation sites (tertiary alicyclic amines) is 1. The summed E-state index contributed by atoms with van der Waals surface area (Å²) >= 11 is 0. The second-order valence-electron chi connectivity index (χ2n) is 4.96. The number of hydrogen-bond donors (Lipinski definition) is 3. The third-order valence-electron chi connectivity index (χ3n) is 3.65. The molecule has 106 valence electrons. The van der Waals surface area contributed by atoms with Gasteiger partial charge in [-0.15, -0.1) is 0 Å². The third-order valence-corrected chi connectivity index (χ3v) is 3.65. The van der Waals surface area contributed by atoms with Gasteiger partial charge in [-0.1, -0.05) is 0 Å². The van der Waals surface area contributed by atoms with Crippen LogP contribution in [0.25, 0.3) is 0 Å². The standard InChI is InChI=1S/C12H22N6O/c1-14-12-10(5-15-18(12)3)11(13)16-8-4-9(7-19)17(2)6-8/h5,8-9,14,19H,4,6-7H2,1-3H3,(H2,13,16)/t8-,9-/m1/s1. The van der Waals surface area contributed by atoms with E-state index in [0.29, 0.717) is 5.84 Å². The van der Waals surface area contributed by atoms with E-state index in [0.717, 1.165) is 24.3 Å². The van der Waals surface area contributed by atoms with Crippen molar-refractivity contribution >= 4 is 11.7 Å². The van der Waals surface area contributed by atoms with Gasteiger partial charge in [0.05, 0.1) is 24.4 Å². The van der Waals surface area contributed by atoms with Crippen LogP contribution in [0.3, 0.4) is 0 Å². The average Bonchev–Trinajstić information content (AvgIpc) is 2.92. The molecule has 1 aromatic heterocycles. The van der Waals surface area contributed by atoms with Crippen LogP contribution >= 0.6 is 0 Å². The van der Waals surface area contributed by atoms with Crippen LogP contribution in [0.2, 0.25) is 0 Å². The highest BCUT2D eigenvalue weighted by Gasteiger charge is 2.29. The van der Waals surface area contributed by atoms with Gasteiger partial charge in [-0.25, -0.2) is 0 Å². The second kappa shape index (κ2) is 5.58. The van der Waals surface area contributed by atoms with Gasteiger partial charge in [0.2, 0.25) is 0 Å². The first kappa shape index (κ1) is 13.8. The molecule has 2 rings (SSSR count). The van der Waals surface area contributed by atoms with E-state index in [9.17, 15) is 5.11 Å². The molecule has 0 unspecified atom stereocenters. The Morgan fingerprint density at radius 2 is 2.37 bits per heavy atom. The molecule has 7 nitrogen and oxygen atoms in total. The lowest BCUT2D eigenvalue weighted by molar-refractivity contribution is 0.182. The van der Waals surface area contributed by atoms with Crippen molar-refractivity contribution in [3.05, 3.63) is 11.8 Å². The molecule has 0 bridgehead atoms. The van der Waals surface area contributed by atoms with Crippen molar-refractivity contribution in [3.63, 3.8) is 0 Å². The van der Waals surface area contributed by atoms with Gasteiger partial charge in [-0.05, 0) is 13.5 Å². The van der Waals surface area contributed by atoms with E-state index in [1.165, 1.54) is 0 Å². The molecule has 0 spiro atoms. The number of aromatic nitrogens is 2. The molecule has 1 aliphatic heterocycles. The van der Waals surface area contributed by atoms with Crippen LogP contribution in [0.1, 0.15) is 12.0 Å². The van der Waals surface area contributed by atoms with Gasteiger partial charge < -0.3 is 16.2 Å². The molecule has 19 heavy (non-hydrogen) atoms. The minimum absolute atomic E-state index is 0.132. The average molecular weight is 266 g/mol. The highest BCUT2D eigenvalue weighted by atomic mass is 16.3. The van der Waals surface area contributed by atoms with Crippen LogP contribution in [0.5, 0.6) is 0 Å². The number of hydrogen-bond acceptors (Lipinski definition) is 5. The van der Waals surface area contributed by atoms with Gasteiger partial charge in [-0.3, -0.25) is 14.6 Å². The van der Waals surface area contributed by atoms with Crippen LogP contribution in [0.15, 0.2) is 11.2 Å². The minimum atomic E-state index is 0.132. The maximum atomic E-state index is 9.25. The Bertz CT molecular complexity index is 469. The summed E-state index contributed by atoms with van der Waals surface area (Å²) in [7, 11) is 5.68. The molecule has 2 atom stereocenters. The van der Waals surface area contributed by atoms with Gasteiger partial charge in [0.15, 0.2) is 0 Å². The molecule has 2 heterocycles. The fourth-order valence-corrected chi connectivity index (χ4v) is 2.55. The van der Waals surface area contributed by atoms with E-state index >= 15 is 0 Å². The number of aliphatic hydroxyl groups excluding tert-OH is 1. The van der Waals surface area contributed by atoms with Crippen LogP contribution < -0.4 is 11.1 Å². The summed E-state index contributed by atoms with van der Waals surface area (Å²) in [5, 5.41) is 16.5. The van der Waals surface area contributed by atoms with Crippen molar-refractivity contribution in [1.82, 2.24) is 14.7 Å². The first-order chi connectivity index (χ1) is 9.06. The van der Waals surface area contributed by atoms with Gasteiger partial charge in [0, 0.05) is 26.7 Å². The van der Waals surface area contributed by atoms with Crippen LogP contribution in [-0.4, -0.2) is 65.0 Å². The summed E-state index contributed by atoms with van der Waals surface area (Å²) in [6.45, 7) is 0.984. The number of aliphatic imine (C=N–C) groups is 1. The first-order valence-electron chi connectivity index (χ1n) is 6.41. The Labute approximate surface area is 113 Å². The SMILES string of the molecule is CNc1c(C(N)=N[C@@H]2C[C@H](CO)N(C)C2)cnn1C. The lowest BCUT2D eigenvalue weighted by Crippen LogP contribution is -2.28. The number of aliphatic hydroxyl groups is 1. The topological polar surface area (TPSA) is 91.7 Å². The predicted molar refractivity (Wildman–Crippen MR) is 75.4 cm³/mol. The van der Waals surface area contributed by atoms with Crippen molar-refractivity contribution in [2.75, 3.05) is 32.6 Å². The normalized spacial score (nSPS) is 24.9. The van der Waals surface area contributed by atoms with Gasteiger partial charge in [0.1, 0.15) is 11.7 Å². The molecular weight excluding hydrogens is 244 g/mol. The van der Waals surface area contributed by atoms with Gasteiger partial charge in [-0.2, -0.15) is 5.10 Å². The summed E-state index contributed by atoms with van der Waals surface area (Å²) in [6.07, 6.45) is 2.55. The molecule has 1 aliphatic rings. The van der Waals surface area contributed by atoms with E-state index in [1.807, 2.05) is 21.1 Å². The Morgan fingerprint density at radius 1 is 1.63 bits per heavy atom. The molecule has 4 N–H and O–H groups in total. The molecular formula is C12H22N6O. The molecule has 0 radical (unpaired) electrons. The second-order valence-corrected chi connectivity index (χ2v) is 4.96. The third kappa shape index (κ3) is 2.71. The van der Waals surface area contributed by atoms with Gasteiger partial charge >= 0.3 is 0 Å². The molecule has 0 amide bonds. The molecule has 0 saturated carbocycles. The van der Waals surface area contributed by atoms with Gasteiger partial charge in [0.25, 0.3) is 0 Å². The zero-order valence-electron chi connectivity index (χ0n) is 11.7. The van der Waals surface area contributed by atoms with E-state index in [4.69, 9.17) is 5.73 Å². The maximum absolute atomic E-state index is 9.25. The Morgan fingerprint density at radius 3 is 2.95 bits per heavy atom. The molecule has 1 saturated heterocycles. The van der Waals surface area contributed by atoms with Crippen LogP contribution in [-0.2, 0) is 7.05 Å². The van der Waals surface area contributed by atoms with E-state index in [1.54, 1.807) is 10.9 Å². The van der Waals surface area contributed by atoms with Crippen LogP contribution in [0.4, 0.5) is 5.82 Å². The Kier molecular flexibility index (Phi) is 4.06. The van der Waals surface area contributed by atoms with E-state index in [2.05, 4.69) is 20.3 Å². The molecule has 7 heteroatoms. The van der Waals surface area contributed by atoms with Crippen molar-refractivity contribution in [2.45, 2.75) is 18.5 Å². The monoisotopic (exact) mass is 266 g/mol. The summed E-state index contributed by atoms with van der Waals surface area (Å²) in [5.41, 5.74) is 6.89. The fraction of sp³-hybridized carbons (Fsp3) is 0.667. The number of rotatable bonds is 4. The maximum Gasteiger partial charge on any atom is 0.134 e. The molecule has 1 fully saturated rings. The van der Waals surface area contributed by atoms with Crippen LogP contribution in [0, 0.1) is 0 Å². The molecule has 0 aliphatic carbocycles. The molecule has 1 aromatic rings. The first-order valence-corrected chi connectivity index (χ1v) is 6.41. The summed E-state index contributed by atoms with van der Waals surface area (Å²) in [6, 6.07) is 0.311. The Hall–Kier alpha value is -1.60. The zero-order chi connectivity index (χ0) is 14.0. The summed E-state index contributed by atoms with van der Waals surface area (Å²) in [5.74, 6) is 1.35. The van der Waals surface area contributed by atoms with Crippen molar-refractivity contribution in [1.29, 1.82) is 0 Å². The number of anilines is 1. The summed E-state index contributed by atoms with van der Waals surface area (Å²) in [4.78, 5) is 6.68.